The second kappa shape index (κ2) is 6.18. The van der Waals surface area contributed by atoms with Gasteiger partial charge >= 0.3 is 0 Å². The summed E-state index contributed by atoms with van der Waals surface area (Å²) >= 11 is 0. The Labute approximate surface area is 96.9 Å². The van der Waals surface area contributed by atoms with Crippen LogP contribution in [0.25, 0.3) is 0 Å². The normalized spacial score (nSPS) is 11.9. The number of hydrogen-bond acceptors (Lipinski definition) is 3. The number of benzene rings is 1. The fraction of sp³-hybridized carbons (Fsp3) is 0.385. The minimum absolute atomic E-state index is 0.0527. The van der Waals surface area contributed by atoms with Crippen LogP contribution in [-0.2, 0) is 0 Å². The Kier molecular flexibility index (Phi) is 4.86. The predicted octanol–water partition coefficient (Wildman–Crippen LogP) is 2.67. The third-order valence-corrected chi connectivity index (χ3v) is 2.51. The molecule has 0 aliphatic carbocycles. The molecule has 3 heteroatoms. The molecule has 1 rings (SSSR count). The summed E-state index contributed by atoms with van der Waals surface area (Å²) in [6, 6.07) is 5.70. The molecule has 88 valence electrons. The summed E-state index contributed by atoms with van der Waals surface area (Å²) in [5, 5.41) is 0. The Morgan fingerprint density at radius 2 is 2.12 bits per heavy atom. The Morgan fingerprint density at radius 1 is 1.38 bits per heavy atom. The minimum Gasteiger partial charge on any atom is -0.493 e. The first-order valence-corrected chi connectivity index (χ1v) is 5.32. The fourth-order valence-electron chi connectivity index (χ4n) is 1.66. The van der Waals surface area contributed by atoms with Crippen molar-refractivity contribution < 1.29 is 9.47 Å². The number of para-hydroxylation sites is 1. The van der Waals surface area contributed by atoms with Gasteiger partial charge in [-0.15, -0.1) is 6.58 Å². The zero-order valence-electron chi connectivity index (χ0n) is 9.90. The van der Waals surface area contributed by atoms with E-state index in [2.05, 4.69) is 6.58 Å². The average molecular weight is 221 g/mol. The van der Waals surface area contributed by atoms with E-state index in [9.17, 15) is 0 Å². The molecule has 0 aliphatic heterocycles. The summed E-state index contributed by atoms with van der Waals surface area (Å²) in [7, 11) is 3.25. The van der Waals surface area contributed by atoms with Gasteiger partial charge in [0.2, 0.25) is 0 Å². The van der Waals surface area contributed by atoms with Crippen molar-refractivity contribution in [1.29, 1.82) is 0 Å². The molecular formula is C13H19NO2. The standard InChI is InChI=1S/C13H19NO2/c1-4-5-8-11(14)10-7-6-9-12(15-2)13(10)16-3/h4,6-7,9,11H,1,5,8,14H2,2-3H3/t11-/m1/s1. The van der Waals surface area contributed by atoms with Crippen LogP contribution in [0.1, 0.15) is 24.4 Å². The zero-order valence-corrected chi connectivity index (χ0v) is 9.90. The van der Waals surface area contributed by atoms with Crippen LogP contribution in [0, 0.1) is 0 Å². The first kappa shape index (κ1) is 12.6. The SMILES string of the molecule is C=CCC[C@@H](N)c1cccc(OC)c1OC. The third kappa shape index (κ3) is 2.76. The van der Waals surface area contributed by atoms with Gasteiger partial charge in [-0.2, -0.15) is 0 Å². The van der Waals surface area contributed by atoms with E-state index in [1.54, 1.807) is 14.2 Å². The molecule has 16 heavy (non-hydrogen) atoms. The minimum atomic E-state index is -0.0527. The molecule has 2 N–H and O–H groups in total. The van der Waals surface area contributed by atoms with E-state index in [4.69, 9.17) is 15.2 Å². The Morgan fingerprint density at radius 3 is 2.69 bits per heavy atom. The van der Waals surface area contributed by atoms with Gasteiger partial charge < -0.3 is 15.2 Å². The first-order valence-electron chi connectivity index (χ1n) is 5.32. The van der Waals surface area contributed by atoms with E-state index in [1.807, 2.05) is 24.3 Å². The summed E-state index contributed by atoms with van der Waals surface area (Å²) in [5.41, 5.74) is 7.07. The lowest BCUT2D eigenvalue weighted by Crippen LogP contribution is -2.11. The van der Waals surface area contributed by atoms with Crippen molar-refractivity contribution >= 4 is 0 Å². The second-order valence-electron chi connectivity index (χ2n) is 3.56. The van der Waals surface area contributed by atoms with Gasteiger partial charge in [-0.05, 0) is 18.9 Å². The van der Waals surface area contributed by atoms with Crippen molar-refractivity contribution in [2.75, 3.05) is 14.2 Å². The highest BCUT2D eigenvalue weighted by atomic mass is 16.5. The maximum atomic E-state index is 6.10. The molecule has 0 heterocycles. The first-order chi connectivity index (χ1) is 7.74. The number of nitrogens with two attached hydrogens (primary N) is 1. The molecule has 0 saturated heterocycles. The largest absolute Gasteiger partial charge is 0.493 e. The van der Waals surface area contributed by atoms with Gasteiger partial charge in [0.25, 0.3) is 0 Å². The van der Waals surface area contributed by atoms with Crippen molar-refractivity contribution in [3.8, 4) is 11.5 Å². The van der Waals surface area contributed by atoms with E-state index >= 15 is 0 Å². The molecule has 1 aromatic rings. The van der Waals surface area contributed by atoms with Crippen LogP contribution in [0.2, 0.25) is 0 Å². The molecule has 0 bridgehead atoms. The van der Waals surface area contributed by atoms with Gasteiger partial charge in [-0.3, -0.25) is 0 Å². The van der Waals surface area contributed by atoms with Crippen LogP contribution in [0.15, 0.2) is 30.9 Å². The molecule has 0 amide bonds. The molecule has 0 radical (unpaired) electrons. The molecule has 1 atom stereocenters. The fourth-order valence-corrected chi connectivity index (χ4v) is 1.66. The van der Waals surface area contributed by atoms with E-state index in [1.165, 1.54) is 0 Å². The zero-order chi connectivity index (χ0) is 12.0. The van der Waals surface area contributed by atoms with Crippen LogP contribution in [0.3, 0.4) is 0 Å². The van der Waals surface area contributed by atoms with Gasteiger partial charge in [-0.25, -0.2) is 0 Å². The molecule has 0 unspecified atom stereocenters. The van der Waals surface area contributed by atoms with Gasteiger partial charge in [0.15, 0.2) is 11.5 Å². The van der Waals surface area contributed by atoms with Crippen molar-refractivity contribution in [1.82, 2.24) is 0 Å². The van der Waals surface area contributed by atoms with Crippen LogP contribution in [0.5, 0.6) is 11.5 Å². The summed E-state index contributed by atoms with van der Waals surface area (Å²) in [5.74, 6) is 1.44. The Balaban J connectivity index is 2.97. The van der Waals surface area contributed by atoms with E-state index in [0.29, 0.717) is 5.75 Å². The van der Waals surface area contributed by atoms with Gasteiger partial charge in [0, 0.05) is 11.6 Å². The quantitative estimate of drug-likeness (QED) is 0.751. The lowest BCUT2D eigenvalue weighted by atomic mass is 10.0. The number of methoxy groups -OCH3 is 2. The third-order valence-electron chi connectivity index (χ3n) is 2.51. The van der Waals surface area contributed by atoms with Crippen LogP contribution in [0.4, 0.5) is 0 Å². The number of allylic oxidation sites excluding steroid dienone is 1. The molecule has 0 fully saturated rings. The van der Waals surface area contributed by atoms with E-state index in [-0.39, 0.29) is 6.04 Å². The molecule has 0 saturated carbocycles. The summed E-state index contributed by atoms with van der Waals surface area (Å²) < 4.78 is 10.6. The van der Waals surface area contributed by atoms with Crippen molar-refractivity contribution in [2.45, 2.75) is 18.9 Å². The van der Waals surface area contributed by atoms with Gasteiger partial charge in [-0.1, -0.05) is 18.2 Å². The summed E-state index contributed by atoms with van der Waals surface area (Å²) in [6.07, 6.45) is 3.61. The summed E-state index contributed by atoms with van der Waals surface area (Å²) in [6.45, 7) is 3.69. The number of rotatable bonds is 6. The maximum absolute atomic E-state index is 6.10. The van der Waals surface area contributed by atoms with Gasteiger partial charge in [0.05, 0.1) is 14.2 Å². The molecule has 1 aromatic carbocycles. The Bertz CT molecular complexity index is 350. The second-order valence-corrected chi connectivity index (χ2v) is 3.56. The monoisotopic (exact) mass is 221 g/mol. The molecule has 0 spiro atoms. The van der Waals surface area contributed by atoms with Crippen molar-refractivity contribution in [3.05, 3.63) is 36.4 Å². The number of hydrogen-bond donors (Lipinski definition) is 1. The highest BCUT2D eigenvalue weighted by Crippen LogP contribution is 2.34. The Hall–Kier alpha value is -1.48. The average Bonchev–Trinajstić information content (AvgIpc) is 2.34. The lowest BCUT2D eigenvalue weighted by Gasteiger charge is -2.17. The van der Waals surface area contributed by atoms with Crippen LogP contribution in [-0.4, -0.2) is 14.2 Å². The van der Waals surface area contributed by atoms with Crippen LogP contribution >= 0.6 is 0 Å². The topological polar surface area (TPSA) is 44.5 Å². The molecule has 0 aliphatic rings. The van der Waals surface area contributed by atoms with Gasteiger partial charge in [0.1, 0.15) is 0 Å². The molecular weight excluding hydrogens is 202 g/mol. The number of ether oxygens (including phenoxy) is 2. The van der Waals surface area contributed by atoms with Crippen LogP contribution < -0.4 is 15.2 Å². The van der Waals surface area contributed by atoms with E-state index < -0.39 is 0 Å². The highest BCUT2D eigenvalue weighted by Gasteiger charge is 2.14. The maximum Gasteiger partial charge on any atom is 0.165 e. The smallest absolute Gasteiger partial charge is 0.165 e. The highest BCUT2D eigenvalue weighted by molar-refractivity contribution is 5.47. The predicted molar refractivity (Wildman–Crippen MR) is 65.9 cm³/mol. The summed E-state index contributed by atoms with van der Waals surface area (Å²) in [4.78, 5) is 0. The van der Waals surface area contributed by atoms with Crippen molar-refractivity contribution in [2.24, 2.45) is 5.73 Å². The van der Waals surface area contributed by atoms with Crippen molar-refractivity contribution in [3.63, 3.8) is 0 Å². The lowest BCUT2D eigenvalue weighted by molar-refractivity contribution is 0.349. The van der Waals surface area contributed by atoms with E-state index in [0.717, 1.165) is 24.2 Å². The molecule has 0 aromatic heterocycles. The molecule has 3 nitrogen and oxygen atoms in total.